The Bertz CT molecular complexity index is 635. The summed E-state index contributed by atoms with van der Waals surface area (Å²) in [5.41, 5.74) is 1.67. The van der Waals surface area contributed by atoms with E-state index < -0.39 is 0 Å². The largest absolute Gasteiger partial charge is 0.508 e. The Kier molecular flexibility index (Phi) is 3.12. The third-order valence-electron chi connectivity index (χ3n) is 7.71. The summed E-state index contributed by atoms with van der Waals surface area (Å²) in [5, 5.41) is 9.89. The topological polar surface area (TPSA) is 29.5 Å². The molecule has 1 heterocycles. The van der Waals surface area contributed by atoms with Crippen molar-refractivity contribution in [3.63, 3.8) is 0 Å². The van der Waals surface area contributed by atoms with Gasteiger partial charge < -0.3 is 9.84 Å². The first kappa shape index (κ1) is 15.4. The Balaban J connectivity index is 1.88. The second kappa shape index (κ2) is 4.68. The average Bonchev–Trinajstić information content (AvgIpc) is 2.46. The van der Waals surface area contributed by atoms with Gasteiger partial charge in [-0.15, -0.1) is 0 Å². The van der Waals surface area contributed by atoms with Crippen LogP contribution in [0, 0.1) is 22.7 Å². The fourth-order valence-corrected chi connectivity index (χ4v) is 6.20. The first-order valence-corrected chi connectivity index (χ1v) is 9.29. The molecule has 1 aromatic rings. The van der Waals surface area contributed by atoms with E-state index in [2.05, 4.69) is 27.7 Å². The van der Waals surface area contributed by atoms with Crippen molar-refractivity contribution in [1.29, 1.82) is 0 Å². The minimum atomic E-state index is -0.0314. The molecule has 2 heteroatoms. The molecule has 4 rings (SSSR count). The van der Waals surface area contributed by atoms with Crippen LogP contribution in [0.25, 0.3) is 0 Å². The summed E-state index contributed by atoms with van der Waals surface area (Å²) in [4.78, 5) is 0. The van der Waals surface area contributed by atoms with E-state index in [1.54, 1.807) is 6.07 Å². The first-order chi connectivity index (χ1) is 10.8. The van der Waals surface area contributed by atoms with Crippen molar-refractivity contribution >= 4 is 0 Å². The van der Waals surface area contributed by atoms with Crippen LogP contribution < -0.4 is 4.74 Å². The molecule has 2 saturated carbocycles. The van der Waals surface area contributed by atoms with Crippen molar-refractivity contribution in [2.45, 2.75) is 71.8 Å². The lowest BCUT2D eigenvalue weighted by molar-refractivity contribution is -0.210. The molecule has 1 aliphatic heterocycles. The number of ether oxygens (including phenoxy) is 1. The number of fused-ring (bicyclic) bond motifs is 1. The van der Waals surface area contributed by atoms with E-state index in [1.807, 2.05) is 12.1 Å². The lowest BCUT2D eigenvalue weighted by atomic mass is 9.44. The number of phenols is 1. The number of aromatic hydroxyl groups is 1. The molecule has 2 fully saturated rings. The van der Waals surface area contributed by atoms with Gasteiger partial charge in [0.25, 0.3) is 0 Å². The van der Waals surface area contributed by atoms with Gasteiger partial charge in [0.05, 0.1) is 0 Å². The van der Waals surface area contributed by atoms with Gasteiger partial charge >= 0.3 is 0 Å². The highest BCUT2D eigenvalue weighted by molar-refractivity contribution is 5.44. The van der Waals surface area contributed by atoms with Gasteiger partial charge in [0.1, 0.15) is 17.1 Å². The molecule has 0 aromatic heterocycles. The monoisotopic (exact) mass is 314 g/mol. The van der Waals surface area contributed by atoms with Gasteiger partial charge in [-0.25, -0.2) is 0 Å². The number of hydrogen-bond acceptors (Lipinski definition) is 2. The molecule has 3 aliphatic rings. The Morgan fingerprint density at radius 2 is 1.91 bits per heavy atom. The lowest BCUT2D eigenvalue weighted by Crippen LogP contribution is -2.68. The van der Waals surface area contributed by atoms with Crippen molar-refractivity contribution in [3.8, 4) is 11.5 Å². The molecule has 2 nitrogen and oxygen atoms in total. The van der Waals surface area contributed by atoms with Gasteiger partial charge in [0.15, 0.2) is 0 Å². The second-order valence-corrected chi connectivity index (χ2v) is 9.25. The van der Waals surface area contributed by atoms with E-state index in [-0.39, 0.29) is 11.0 Å². The third-order valence-corrected chi connectivity index (χ3v) is 7.71. The minimum absolute atomic E-state index is 0.0314. The van der Waals surface area contributed by atoms with Crippen LogP contribution in [0.3, 0.4) is 0 Å². The van der Waals surface area contributed by atoms with Crippen LogP contribution in [0.2, 0.25) is 0 Å². The van der Waals surface area contributed by atoms with Crippen molar-refractivity contribution in [2.24, 2.45) is 22.7 Å². The number of rotatable bonds is 0. The molecule has 0 radical (unpaired) electrons. The fourth-order valence-electron chi connectivity index (χ4n) is 6.20. The molecule has 126 valence electrons. The normalized spacial score (nSPS) is 41.2. The zero-order valence-electron chi connectivity index (χ0n) is 15.0. The maximum atomic E-state index is 9.89. The van der Waals surface area contributed by atoms with Crippen LogP contribution in [0.5, 0.6) is 11.5 Å². The van der Waals surface area contributed by atoms with Gasteiger partial charge in [0, 0.05) is 11.3 Å². The van der Waals surface area contributed by atoms with Crippen molar-refractivity contribution < 1.29 is 9.84 Å². The van der Waals surface area contributed by atoms with Crippen LogP contribution in [0.4, 0.5) is 0 Å². The predicted octanol–water partition coefficient (Wildman–Crippen LogP) is 5.33. The first-order valence-electron chi connectivity index (χ1n) is 9.29. The molecule has 2 unspecified atom stereocenters. The molecule has 0 saturated heterocycles. The molecule has 1 spiro atoms. The van der Waals surface area contributed by atoms with Crippen molar-refractivity contribution in [3.05, 3.63) is 23.8 Å². The summed E-state index contributed by atoms with van der Waals surface area (Å²) in [7, 11) is 0. The highest BCUT2D eigenvalue weighted by atomic mass is 16.5. The highest BCUT2D eigenvalue weighted by Crippen LogP contribution is 2.65. The van der Waals surface area contributed by atoms with E-state index in [0.29, 0.717) is 23.0 Å². The zero-order valence-corrected chi connectivity index (χ0v) is 15.0. The van der Waals surface area contributed by atoms with E-state index >= 15 is 0 Å². The Morgan fingerprint density at radius 3 is 2.70 bits per heavy atom. The number of phenolic OH excluding ortho intramolecular Hbond substituents is 1. The summed E-state index contributed by atoms with van der Waals surface area (Å²) in [6.45, 7) is 9.77. The Labute approximate surface area is 140 Å². The number of benzene rings is 1. The molecule has 0 amide bonds. The van der Waals surface area contributed by atoms with Crippen LogP contribution in [0.15, 0.2) is 18.2 Å². The SMILES string of the molecule is CC1CCC2C(C)(C)CCC[C@@]23Oc2ccc(O)cc2C[C@@]13C. The molecular weight excluding hydrogens is 284 g/mol. The molecular formula is C21H30O2. The van der Waals surface area contributed by atoms with E-state index in [0.717, 1.165) is 12.2 Å². The van der Waals surface area contributed by atoms with Crippen molar-refractivity contribution in [1.82, 2.24) is 0 Å². The maximum Gasteiger partial charge on any atom is 0.123 e. The number of hydrogen-bond donors (Lipinski definition) is 1. The third kappa shape index (κ3) is 1.93. The molecule has 4 atom stereocenters. The van der Waals surface area contributed by atoms with Crippen LogP contribution >= 0.6 is 0 Å². The Hall–Kier alpha value is -1.18. The van der Waals surface area contributed by atoms with Crippen molar-refractivity contribution in [2.75, 3.05) is 0 Å². The Morgan fingerprint density at radius 1 is 1.13 bits per heavy atom. The summed E-state index contributed by atoms with van der Waals surface area (Å²) in [5.74, 6) is 2.66. The fraction of sp³-hybridized carbons (Fsp3) is 0.714. The zero-order chi connectivity index (χ0) is 16.5. The van der Waals surface area contributed by atoms with Gasteiger partial charge in [-0.1, -0.05) is 27.7 Å². The molecule has 1 aromatic carbocycles. The van der Waals surface area contributed by atoms with Crippen LogP contribution in [0.1, 0.15) is 65.4 Å². The van der Waals surface area contributed by atoms with E-state index in [4.69, 9.17) is 4.74 Å². The minimum Gasteiger partial charge on any atom is -0.508 e. The van der Waals surface area contributed by atoms with Gasteiger partial charge in [-0.05, 0) is 73.6 Å². The molecule has 23 heavy (non-hydrogen) atoms. The predicted molar refractivity (Wildman–Crippen MR) is 92.8 cm³/mol. The highest BCUT2D eigenvalue weighted by Gasteiger charge is 2.65. The smallest absolute Gasteiger partial charge is 0.123 e. The van der Waals surface area contributed by atoms with Gasteiger partial charge in [-0.3, -0.25) is 0 Å². The molecule has 1 N–H and O–H groups in total. The van der Waals surface area contributed by atoms with Gasteiger partial charge in [-0.2, -0.15) is 0 Å². The van der Waals surface area contributed by atoms with E-state index in [9.17, 15) is 5.11 Å². The average molecular weight is 314 g/mol. The van der Waals surface area contributed by atoms with E-state index in [1.165, 1.54) is 37.7 Å². The second-order valence-electron chi connectivity index (χ2n) is 9.25. The summed E-state index contributed by atoms with van der Waals surface area (Å²) < 4.78 is 6.88. The molecule has 2 aliphatic carbocycles. The maximum absolute atomic E-state index is 9.89. The van der Waals surface area contributed by atoms with Gasteiger partial charge in [0.2, 0.25) is 0 Å². The standard InChI is InChI=1S/C21H30O2/c1-14-6-9-18-19(2,3)10-5-11-21(18)20(14,4)13-15-12-16(22)7-8-17(15)23-21/h7-8,12,14,18,22H,5-6,9-11,13H2,1-4H3/t14?,18?,20-,21+/m0/s1. The van der Waals surface area contributed by atoms with Crippen LogP contribution in [-0.4, -0.2) is 10.7 Å². The summed E-state index contributed by atoms with van der Waals surface area (Å²) in [6, 6.07) is 5.67. The lowest BCUT2D eigenvalue weighted by Gasteiger charge is -2.66. The quantitative estimate of drug-likeness (QED) is 0.701. The summed E-state index contributed by atoms with van der Waals surface area (Å²) >= 11 is 0. The van der Waals surface area contributed by atoms with Crippen LogP contribution in [-0.2, 0) is 6.42 Å². The summed E-state index contributed by atoms with van der Waals surface area (Å²) in [6.07, 6.45) is 7.38. The molecule has 0 bridgehead atoms.